The molecule has 0 atom stereocenters. The first-order valence-electron chi connectivity index (χ1n) is 8.72. The molecule has 1 aromatic carbocycles. The molecule has 128 valence electrons. The molecule has 4 nitrogen and oxygen atoms in total. The van der Waals surface area contributed by atoms with Crippen LogP contribution in [0.25, 0.3) is 0 Å². The summed E-state index contributed by atoms with van der Waals surface area (Å²) in [6.45, 7) is 2.23. The van der Waals surface area contributed by atoms with Gasteiger partial charge in [0.05, 0.1) is 13.3 Å². The zero-order valence-electron chi connectivity index (χ0n) is 14.5. The van der Waals surface area contributed by atoms with Gasteiger partial charge in [-0.3, -0.25) is 4.79 Å². The van der Waals surface area contributed by atoms with Crippen LogP contribution in [0.15, 0.2) is 29.4 Å². The molecule has 0 fully saturated rings. The molecule has 23 heavy (non-hydrogen) atoms. The van der Waals surface area contributed by atoms with Crippen LogP contribution in [0.3, 0.4) is 0 Å². The number of carbonyl (C=O) groups is 1. The van der Waals surface area contributed by atoms with E-state index in [2.05, 4.69) is 17.5 Å². The molecule has 0 spiro atoms. The number of carbonyl (C=O) groups excluding carboxylic acids is 1. The van der Waals surface area contributed by atoms with E-state index in [0.717, 1.165) is 24.2 Å². The van der Waals surface area contributed by atoms with E-state index in [1.165, 1.54) is 38.5 Å². The van der Waals surface area contributed by atoms with Gasteiger partial charge < -0.3 is 4.74 Å². The number of ether oxygens (including phenoxy) is 1. The Morgan fingerprint density at radius 2 is 1.65 bits per heavy atom. The molecule has 0 radical (unpaired) electrons. The number of amides is 1. The van der Waals surface area contributed by atoms with E-state index in [1.54, 1.807) is 13.3 Å². The summed E-state index contributed by atoms with van der Waals surface area (Å²) < 4.78 is 5.09. The third kappa shape index (κ3) is 9.72. The minimum atomic E-state index is -0.0132. The molecule has 0 aliphatic carbocycles. The fraction of sp³-hybridized carbons (Fsp3) is 0.579. The number of rotatable bonds is 12. The van der Waals surface area contributed by atoms with E-state index in [4.69, 9.17) is 4.74 Å². The van der Waals surface area contributed by atoms with Gasteiger partial charge in [0.15, 0.2) is 0 Å². The van der Waals surface area contributed by atoms with Crippen LogP contribution in [0, 0.1) is 0 Å². The summed E-state index contributed by atoms with van der Waals surface area (Å²) >= 11 is 0. The maximum absolute atomic E-state index is 11.7. The monoisotopic (exact) mass is 318 g/mol. The number of nitrogens with zero attached hydrogens (tertiary/aromatic N) is 1. The highest BCUT2D eigenvalue weighted by molar-refractivity contribution is 5.82. The normalized spacial score (nSPS) is 10.9. The standard InChI is InChI=1S/C19H30N2O2/c1-3-4-5-6-7-8-9-10-11-19(22)21-20-16-17-12-14-18(23-2)15-13-17/h12-16H,3-11H2,1-2H3,(H,21,22). The fourth-order valence-electron chi connectivity index (χ4n) is 2.34. The predicted octanol–water partition coefficient (Wildman–Crippen LogP) is 4.68. The van der Waals surface area contributed by atoms with Crippen molar-refractivity contribution in [2.24, 2.45) is 5.10 Å². The van der Waals surface area contributed by atoms with Crippen LogP contribution in [0.1, 0.15) is 70.3 Å². The van der Waals surface area contributed by atoms with Crippen molar-refractivity contribution in [3.8, 4) is 5.75 Å². The SMILES string of the molecule is CCCCCCCCCCC(=O)NN=Cc1ccc(OC)cc1. The molecule has 0 heterocycles. The third-order valence-electron chi connectivity index (χ3n) is 3.78. The van der Waals surface area contributed by atoms with E-state index in [0.29, 0.717) is 6.42 Å². The highest BCUT2D eigenvalue weighted by Crippen LogP contribution is 2.10. The molecule has 1 rings (SSSR count). The first kappa shape index (κ1) is 19.2. The summed E-state index contributed by atoms with van der Waals surface area (Å²) in [4.78, 5) is 11.7. The Morgan fingerprint density at radius 1 is 1.04 bits per heavy atom. The second kappa shape index (κ2) is 12.7. The molecule has 0 saturated carbocycles. The summed E-state index contributed by atoms with van der Waals surface area (Å²) in [7, 11) is 1.63. The lowest BCUT2D eigenvalue weighted by Crippen LogP contribution is -2.16. The van der Waals surface area contributed by atoms with Gasteiger partial charge in [-0.25, -0.2) is 5.43 Å². The van der Waals surface area contributed by atoms with Gasteiger partial charge in [-0.15, -0.1) is 0 Å². The second-order valence-corrected chi connectivity index (χ2v) is 5.79. The smallest absolute Gasteiger partial charge is 0.240 e. The zero-order chi connectivity index (χ0) is 16.8. The summed E-state index contributed by atoms with van der Waals surface area (Å²) in [6.07, 6.45) is 12.1. The van der Waals surface area contributed by atoms with E-state index in [9.17, 15) is 4.79 Å². The number of hydrazone groups is 1. The van der Waals surface area contributed by atoms with Crippen molar-refractivity contribution < 1.29 is 9.53 Å². The summed E-state index contributed by atoms with van der Waals surface area (Å²) in [5.74, 6) is 0.793. The molecule has 0 saturated heterocycles. The van der Waals surface area contributed by atoms with E-state index in [-0.39, 0.29) is 5.91 Å². The average molecular weight is 318 g/mol. The Kier molecular flexibility index (Phi) is 10.6. The van der Waals surface area contributed by atoms with Crippen molar-refractivity contribution in [2.75, 3.05) is 7.11 Å². The van der Waals surface area contributed by atoms with E-state index < -0.39 is 0 Å². The summed E-state index contributed by atoms with van der Waals surface area (Å²) in [5.41, 5.74) is 3.51. The second-order valence-electron chi connectivity index (χ2n) is 5.79. The molecule has 1 N–H and O–H groups in total. The lowest BCUT2D eigenvalue weighted by molar-refractivity contribution is -0.121. The van der Waals surface area contributed by atoms with Crippen LogP contribution in [0.5, 0.6) is 5.75 Å². The average Bonchev–Trinajstić information content (AvgIpc) is 2.58. The maximum Gasteiger partial charge on any atom is 0.240 e. The number of hydrogen-bond donors (Lipinski definition) is 1. The van der Waals surface area contributed by atoms with Crippen LogP contribution >= 0.6 is 0 Å². The van der Waals surface area contributed by atoms with Crippen LogP contribution in [0.2, 0.25) is 0 Å². The van der Waals surface area contributed by atoms with Crippen molar-refractivity contribution in [1.82, 2.24) is 5.43 Å². The van der Waals surface area contributed by atoms with Crippen LogP contribution in [0.4, 0.5) is 0 Å². The molecular formula is C19H30N2O2. The quantitative estimate of drug-likeness (QED) is 0.346. The number of nitrogens with one attached hydrogen (secondary N) is 1. The lowest BCUT2D eigenvalue weighted by atomic mass is 10.1. The summed E-state index contributed by atoms with van der Waals surface area (Å²) in [6, 6.07) is 7.52. The summed E-state index contributed by atoms with van der Waals surface area (Å²) in [5, 5.41) is 3.98. The zero-order valence-corrected chi connectivity index (χ0v) is 14.5. The first-order valence-corrected chi connectivity index (χ1v) is 8.72. The van der Waals surface area contributed by atoms with Crippen LogP contribution < -0.4 is 10.2 Å². The molecule has 0 unspecified atom stereocenters. The Hall–Kier alpha value is -1.84. The molecule has 0 aliphatic rings. The minimum absolute atomic E-state index is 0.0132. The molecule has 0 aliphatic heterocycles. The van der Waals surface area contributed by atoms with Gasteiger partial charge in [0.2, 0.25) is 5.91 Å². The molecule has 1 aromatic rings. The Balaban J connectivity index is 2.06. The lowest BCUT2D eigenvalue weighted by Gasteiger charge is -2.02. The van der Waals surface area contributed by atoms with Crippen LogP contribution in [-0.4, -0.2) is 19.2 Å². The number of benzene rings is 1. The first-order chi connectivity index (χ1) is 11.3. The molecule has 1 amide bonds. The van der Waals surface area contributed by atoms with Gasteiger partial charge in [-0.1, -0.05) is 51.9 Å². The fourth-order valence-corrected chi connectivity index (χ4v) is 2.34. The highest BCUT2D eigenvalue weighted by atomic mass is 16.5. The van der Waals surface area contributed by atoms with E-state index >= 15 is 0 Å². The minimum Gasteiger partial charge on any atom is -0.497 e. The van der Waals surface area contributed by atoms with Gasteiger partial charge in [0.1, 0.15) is 5.75 Å². The number of methoxy groups -OCH3 is 1. The van der Waals surface area contributed by atoms with Crippen LogP contribution in [-0.2, 0) is 4.79 Å². The Labute approximate surface area is 140 Å². The highest BCUT2D eigenvalue weighted by Gasteiger charge is 1.99. The third-order valence-corrected chi connectivity index (χ3v) is 3.78. The largest absolute Gasteiger partial charge is 0.497 e. The van der Waals surface area contributed by atoms with Gasteiger partial charge >= 0.3 is 0 Å². The van der Waals surface area contributed by atoms with Crippen molar-refractivity contribution in [1.29, 1.82) is 0 Å². The Bertz CT molecular complexity index is 455. The van der Waals surface area contributed by atoms with Crippen molar-refractivity contribution in [3.63, 3.8) is 0 Å². The molecule has 0 bridgehead atoms. The van der Waals surface area contributed by atoms with Gasteiger partial charge in [-0.2, -0.15) is 5.10 Å². The van der Waals surface area contributed by atoms with Crippen molar-refractivity contribution in [2.45, 2.75) is 64.7 Å². The van der Waals surface area contributed by atoms with Crippen molar-refractivity contribution in [3.05, 3.63) is 29.8 Å². The van der Waals surface area contributed by atoms with E-state index in [1.807, 2.05) is 24.3 Å². The number of hydrogen-bond acceptors (Lipinski definition) is 3. The maximum atomic E-state index is 11.7. The molecular weight excluding hydrogens is 288 g/mol. The molecule has 4 heteroatoms. The molecule has 0 aromatic heterocycles. The topological polar surface area (TPSA) is 50.7 Å². The number of unbranched alkanes of at least 4 members (excludes halogenated alkanes) is 7. The van der Waals surface area contributed by atoms with Gasteiger partial charge in [0.25, 0.3) is 0 Å². The predicted molar refractivity (Wildman–Crippen MR) is 96.0 cm³/mol. The van der Waals surface area contributed by atoms with Crippen molar-refractivity contribution >= 4 is 12.1 Å². The van der Waals surface area contributed by atoms with Gasteiger partial charge in [-0.05, 0) is 36.2 Å². The van der Waals surface area contributed by atoms with Gasteiger partial charge in [0, 0.05) is 6.42 Å². The Morgan fingerprint density at radius 3 is 2.26 bits per heavy atom.